The molecule has 5 heteroatoms. The summed E-state index contributed by atoms with van der Waals surface area (Å²) in [6.45, 7) is 1.85. The summed E-state index contributed by atoms with van der Waals surface area (Å²) in [5, 5.41) is 0.923. The molecule has 0 saturated heterocycles. The molecule has 1 unspecified atom stereocenters. The van der Waals surface area contributed by atoms with Gasteiger partial charge in [0.15, 0.2) is 6.10 Å². The highest BCUT2D eigenvalue weighted by molar-refractivity contribution is 5.80. The molecule has 1 aromatic carbocycles. The minimum Gasteiger partial charge on any atom is -0.481 e. The maximum Gasteiger partial charge on any atom is 0.258 e. The van der Waals surface area contributed by atoms with Crippen molar-refractivity contribution in [2.45, 2.75) is 19.4 Å². The van der Waals surface area contributed by atoms with Crippen molar-refractivity contribution in [1.82, 2.24) is 9.97 Å². The van der Waals surface area contributed by atoms with Crippen LogP contribution in [-0.2, 0) is 4.79 Å². The van der Waals surface area contributed by atoms with Gasteiger partial charge in [0.1, 0.15) is 12.1 Å². The van der Waals surface area contributed by atoms with Crippen molar-refractivity contribution in [3.8, 4) is 5.75 Å². The molecule has 2 N–H and O–H groups in total. The normalized spacial score (nSPS) is 12.3. The lowest BCUT2D eigenvalue weighted by molar-refractivity contribution is -0.124. The Bertz CT molecular complexity index is 542. The maximum atomic E-state index is 11.1. The standard InChI is InChI=1S/C12H13N3O2/c1-2-11(12(13)16)17-9-4-3-8-6-14-7-15-10(8)5-9/h3-7,11H,2H2,1H3,(H2,13,16). The van der Waals surface area contributed by atoms with Gasteiger partial charge in [-0.25, -0.2) is 9.97 Å². The summed E-state index contributed by atoms with van der Waals surface area (Å²) < 4.78 is 5.50. The van der Waals surface area contributed by atoms with Crippen LogP contribution >= 0.6 is 0 Å². The third kappa shape index (κ3) is 2.50. The highest BCUT2D eigenvalue weighted by Crippen LogP contribution is 2.19. The minimum atomic E-state index is -0.603. The number of nitrogens with two attached hydrogens (primary N) is 1. The molecule has 0 aliphatic rings. The molecule has 5 nitrogen and oxygen atoms in total. The summed E-state index contributed by atoms with van der Waals surface area (Å²) in [6, 6.07) is 5.39. The molecule has 0 saturated carbocycles. The second-order valence-electron chi connectivity index (χ2n) is 3.66. The fourth-order valence-corrected chi connectivity index (χ4v) is 1.53. The van der Waals surface area contributed by atoms with E-state index in [1.165, 1.54) is 6.33 Å². The predicted molar refractivity (Wildman–Crippen MR) is 63.4 cm³/mol. The van der Waals surface area contributed by atoms with E-state index < -0.39 is 12.0 Å². The molecular weight excluding hydrogens is 218 g/mol. The lowest BCUT2D eigenvalue weighted by Crippen LogP contribution is -2.32. The van der Waals surface area contributed by atoms with E-state index in [0.29, 0.717) is 12.2 Å². The Labute approximate surface area is 98.6 Å². The second-order valence-corrected chi connectivity index (χ2v) is 3.66. The molecule has 1 heterocycles. The highest BCUT2D eigenvalue weighted by Gasteiger charge is 2.14. The summed E-state index contributed by atoms with van der Waals surface area (Å²) >= 11 is 0. The van der Waals surface area contributed by atoms with Gasteiger partial charge in [-0.15, -0.1) is 0 Å². The monoisotopic (exact) mass is 231 g/mol. The van der Waals surface area contributed by atoms with E-state index in [0.717, 1.165) is 10.9 Å². The molecule has 1 amide bonds. The summed E-state index contributed by atoms with van der Waals surface area (Å²) in [4.78, 5) is 19.1. The lowest BCUT2D eigenvalue weighted by atomic mass is 10.2. The topological polar surface area (TPSA) is 78.1 Å². The van der Waals surface area contributed by atoms with Gasteiger partial charge in [-0.2, -0.15) is 0 Å². The highest BCUT2D eigenvalue weighted by atomic mass is 16.5. The molecule has 17 heavy (non-hydrogen) atoms. The second kappa shape index (κ2) is 4.78. The van der Waals surface area contributed by atoms with Crippen LogP contribution in [0.15, 0.2) is 30.7 Å². The van der Waals surface area contributed by atoms with Crippen molar-refractivity contribution in [2.24, 2.45) is 5.73 Å². The van der Waals surface area contributed by atoms with E-state index in [1.807, 2.05) is 13.0 Å². The number of hydrogen-bond acceptors (Lipinski definition) is 4. The smallest absolute Gasteiger partial charge is 0.258 e. The Kier molecular flexibility index (Phi) is 3.18. The Hall–Kier alpha value is -2.17. The fraction of sp³-hybridized carbons (Fsp3) is 0.250. The van der Waals surface area contributed by atoms with Gasteiger partial charge in [-0.1, -0.05) is 6.92 Å². The number of carbonyl (C=O) groups excluding carboxylic acids is 1. The van der Waals surface area contributed by atoms with Crippen LogP contribution in [0.1, 0.15) is 13.3 Å². The molecule has 2 aromatic rings. The van der Waals surface area contributed by atoms with Crippen LogP contribution in [0.2, 0.25) is 0 Å². The van der Waals surface area contributed by atoms with E-state index in [9.17, 15) is 4.79 Å². The lowest BCUT2D eigenvalue weighted by Gasteiger charge is -2.14. The summed E-state index contributed by atoms with van der Waals surface area (Å²) in [5.41, 5.74) is 5.99. The number of primary amides is 1. The van der Waals surface area contributed by atoms with Crippen LogP contribution in [0.4, 0.5) is 0 Å². The van der Waals surface area contributed by atoms with Crippen LogP contribution in [-0.4, -0.2) is 22.0 Å². The quantitative estimate of drug-likeness (QED) is 0.859. The number of aromatic nitrogens is 2. The number of ether oxygens (including phenoxy) is 1. The van der Waals surface area contributed by atoms with Gasteiger partial charge in [0.05, 0.1) is 5.52 Å². The first-order valence-electron chi connectivity index (χ1n) is 5.36. The molecule has 1 atom stereocenters. The molecule has 0 radical (unpaired) electrons. The third-order valence-corrected chi connectivity index (χ3v) is 2.45. The molecular formula is C12H13N3O2. The molecule has 1 aromatic heterocycles. The Morgan fingerprint density at radius 3 is 3.06 bits per heavy atom. The molecule has 0 fully saturated rings. The average molecular weight is 231 g/mol. The van der Waals surface area contributed by atoms with Crippen LogP contribution < -0.4 is 10.5 Å². The van der Waals surface area contributed by atoms with Gasteiger partial charge in [-0.3, -0.25) is 4.79 Å². The van der Waals surface area contributed by atoms with Crippen molar-refractivity contribution in [3.05, 3.63) is 30.7 Å². The van der Waals surface area contributed by atoms with E-state index in [4.69, 9.17) is 10.5 Å². The zero-order valence-electron chi connectivity index (χ0n) is 9.46. The fourth-order valence-electron chi connectivity index (χ4n) is 1.53. The molecule has 0 aliphatic carbocycles. The Morgan fingerprint density at radius 1 is 1.53 bits per heavy atom. The minimum absolute atomic E-state index is 0.463. The average Bonchev–Trinajstić information content (AvgIpc) is 2.35. The third-order valence-electron chi connectivity index (χ3n) is 2.45. The van der Waals surface area contributed by atoms with E-state index >= 15 is 0 Å². The van der Waals surface area contributed by atoms with Crippen molar-refractivity contribution in [2.75, 3.05) is 0 Å². The number of amides is 1. The number of carbonyl (C=O) groups is 1. The van der Waals surface area contributed by atoms with Gasteiger partial charge in [-0.05, 0) is 18.6 Å². The number of hydrogen-bond donors (Lipinski definition) is 1. The first-order valence-corrected chi connectivity index (χ1v) is 5.36. The Morgan fingerprint density at radius 2 is 2.35 bits per heavy atom. The van der Waals surface area contributed by atoms with Crippen molar-refractivity contribution in [1.29, 1.82) is 0 Å². The number of fused-ring (bicyclic) bond motifs is 1. The number of nitrogens with zero attached hydrogens (tertiary/aromatic N) is 2. The van der Waals surface area contributed by atoms with Gasteiger partial charge in [0.2, 0.25) is 0 Å². The zero-order chi connectivity index (χ0) is 12.3. The maximum absolute atomic E-state index is 11.1. The SMILES string of the molecule is CCC(Oc1ccc2cncnc2c1)C(N)=O. The number of benzene rings is 1. The molecule has 0 spiro atoms. The van der Waals surface area contributed by atoms with Gasteiger partial charge < -0.3 is 10.5 Å². The van der Waals surface area contributed by atoms with E-state index in [2.05, 4.69) is 9.97 Å². The zero-order valence-corrected chi connectivity index (χ0v) is 9.46. The van der Waals surface area contributed by atoms with E-state index in [1.54, 1.807) is 18.3 Å². The van der Waals surface area contributed by atoms with Crippen LogP contribution in [0.3, 0.4) is 0 Å². The summed E-state index contributed by atoms with van der Waals surface area (Å²) in [7, 11) is 0. The van der Waals surface area contributed by atoms with Crippen molar-refractivity contribution < 1.29 is 9.53 Å². The molecule has 88 valence electrons. The van der Waals surface area contributed by atoms with Crippen molar-refractivity contribution >= 4 is 16.8 Å². The Balaban J connectivity index is 2.27. The van der Waals surface area contributed by atoms with Crippen LogP contribution in [0, 0.1) is 0 Å². The molecule has 2 rings (SSSR count). The van der Waals surface area contributed by atoms with Gasteiger partial charge >= 0.3 is 0 Å². The van der Waals surface area contributed by atoms with E-state index in [-0.39, 0.29) is 0 Å². The summed E-state index contributed by atoms with van der Waals surface area (Å²) in [5.74, 6) is 0.122. The predicted octanol–water partition coefficient (Wildman–Crippen LogP) is 1.27. The number of rotatable bonds is 4. The molecule has 0 aliphatic heterocycles. The first kappa shape index (κ1) is 11.3. The van der Waals surface area contributed by atoms with Crippen LogP contribution in [0.5, 0.6) is 5.75 Å². The summed E-state index contributed by atoms with van der Waals surface area (Å²) in [6.07, 6.45) is 3.13. The largest absolute Gasteiger partial charge is 0.481 e. The van der Waals surface area contributed by atoms with Gasteiger partial charge in [0, 0.05) is 17.6 Å². The first-order chi connectivity index (χ1) is 8.20. The van der Waals surface area contributed by atoms with Gasteiger partial charge in [0.25, 0.3) is 5.91 Å². The molecule has 0 bridgehead atoms. The van der Waals surface area contributed by atoms with Crippen LogP contribution in [0.25, 0.3) is 10.9 Å². The van der Waals surface area contributed by atoms with Crippen molar-refractivity contribution in [3.63, 3.8) is 0 Å².